The number of amides is 1. The highest BCUT2D eigenvalue weighted by Gasteiger charge is 2.43. The molecule has 0 spiro atoms. The Morgan fingerprint density at radius 2 is 1.30 bits per heavy atom. The van der Waals surface area contributed by atoms with E-state index in [9.17, 15) is 4.79 Å². The van der Waals surface area contributed by atoms with Gasteiger partial charge in [-0.05, 0) is 68.3 Å². The van der Waals surface area contributed by atoms with Crippen molar-refractivity contribution in [3.63, 3.8) is 0 Å². The van der Waals surface area contributed by atoms with E-state index >= 15 is 0 Å². The normalized spacial score (nSPS) is 22.8. The third kappa shape index (κ3) is 4.47. The van der Waals surface area contributed by atoms with Gasteiger partial charge in [-0.2, -0.15) is 0 Å². The standard InChI is InChI=1S/C30H34N2O/c1-32-27-17-18-28(32)20-23(19-27)21-30(25-13-7-3-8-14-25,26-15-9-4-10-16-26)22-31-29(33)24-11-5-2-6-12-24/h2-16,23,27-28H,17-22H2,1H3,(H,31,33)/t27-,28-/m0/s1. The number of nitrogens with one attached hydrogen (secondary N) is 1. The van der Waals surface area contributed by atoms with E-state index in [1.165, 1.54) is 36.8 Å². The van der Waals surface area contributed by atoms with E-state index in [2.05, 4.69) is 77.9 Å². The molecule has 2 atom stereocenters. The van der Waals surface area contributed by atoms with Crippen molar-refractivity contribution < 1.29 is 4.79 Å². The largest absolute Gasteiger partial charge is 0.351 e. The zero-order chi connectivity index (χ0) is 22.7. The molecule has 0 unspecified atom stereocenters. The van der Waals surface area contributed by atoms with Gasteiger partial charge in [0.2, 0.25) is 0 Å². The molecule has 3 heteroatoms. The quantitative estimate of drug-likeness (QED) is 0.516. The van der Waals surface area contributed by atoms with E-state index in [1.54, 1.807) is 0 Å². The lowest BCUT2D eigenvalue weighted by Crippen LogP contribution is -2.46. The van der Waals surface area contributed by atoms with Gasteiger partial charge in [0.15, 0.2) is 0 Å². The Bertz CT molecular complexity index is 997. The van der Waals surface area contributed by atoms with Crippen LogP contribution in [0.2, 0.25) is 0 Å². The number of fused-ring (bicyclic) bond motifs is 2. The van der Waals surface area contributed by atoms with Gasteiger partial charge in [0.05, 0.1) is 0 Å². The molecule has 2 aliphatic heterocycles. The second kappa shape index (κ2) is 9.52. The van der Waals surface area contributed by atoms with Crippen molar-refractivity contribution in [2.75, 3.05) is 13.6 Å². The van der Waals surface area contributed by atoms with Crippen LogP contribution in [0.1, 0.15) is 53.6 Å². The van der Waals surface area contributed by atoms with Gasteiger partial charge < -0.3 is 10.2 Å². The van der Waals surface area contributed by atoms with Gasteiger partial charge in [-0.15, -0.1) is 0 Å². The molecular weight excluding hydrogens is 404 g/mol. The van der Waals surface area contributed by atoms with Gasteiger partial charge in [0.1, 0.15) is 0 Å². The third-order valence-corrected chi connectivity index (χ3v) is 8.07. The molecule has 0 aliphatic carbocycles. The zero-order valence-electron chi connectivity index (χ0n) is 19.5. The second-order valence-corrected chi connectivity index (χ2v) is 9.95. The van der Waals surface area contributed by atoms with Crippen LogP contribution >= 0.6 is 0 Å². The van der Waals surface area contributed by atoms with Gasteiger partial charge in [0, 0.05) is 29.6 Å². The first-order chi connectivity index (χ1) is 16.2. The molecule has 0 aromatic heterocycles. The zero-order valence-corrected chi connectivity index (χ0v) is 19.5. The van der Waals surface area contributed by atoms with Crippen LogP contribution < -0.4 is 5.32 Å². The Labute approximate surface area is 197 Å². The maximum Gasteiger partial charge on any atom is 0.251 e. The average Bonchev–Trinajstić information content (AvgIpc) is 3.07. The summed E-state index contributed by atoms with van der Waals surface area (Å²) in [5.74, 6) is 0.642. The van der Waals surface area contributed by atoms with Crippen molar-refractivity contribution in [2.24, 2.45) is 5.92 Å². The Morgan fingerprint density at radius 1 is 0.818 bits per heavy atom. The first kappa shape index (κ1) is 21.9. The molecule has 0 saturated carbocycles. The van der Waals surface area contributed by atoms with Crippen molar-refractivity contribution in [1.82, 2.24) is 10.2 Å². The maximum absolute atomic E-state index is 13.1. The molecule has 1 amide bonds. The Kier molecular flexibility index (Phi) is 6.32. The molecule has 2 saturated heterocycles. The predicted molar refractivity (Wildman–Crippen MR) is 134 cm³/mol. The predicted octanol–water partition coefficient (Wildman–Crippen LogP) is 5.67. The smallest absolute Gasteiger partial charge is 0.251 e. The van der Waals surface area contributed by atoms with Crippen molar-refractivity contribution in [3.8, 4) is 0 Å². The molecule has 2 bridgehead atoms. The van der Waals surface area contributed by atoms with Crippen LogP contribution in [0.4, 0.5) is 0 Å². The van der Waals surface area contributed by atoms with E-state index in [-0.39, 0.29) is 11.3 Å². The van der Waals surface area contributed by atoms with Crippen molar-refractivity contribution in [3.05, 3.63) is 108 Å². The molecule has 1 N–H and O–H groups in total. The SMILES string of the molecule is CN1[C@H]2CC[C@H]1CC(CC(CNC(=O)c1ccccc1)(c1ccccc1)c1ccccc1)C2. The van der Waals surface area contributed by atoms with Gasteiger partial charge in [-0.3, -0.25) is 4.79 Å². The van der Waals surface area contributed by atoms with E-state index in [0.717, 1.165) is 6.42 Å². The summed E-state index contributed by atoms with van der Waals surface area (Å²) in [5.41, 5.74) is 3.03. The number of rotatable bonds is 7. The highest BCUT2D eigenvalue weighted by molar-refractivity contribution is 5.94. The number of nitrogens with zero attached hydrogens (tertiary/aromatic N) is 1. The highest BCUT2D eigenvalue weighted by atomic mass is 16.1. The number of carbonyl (C=O) groups excluding carboxylic acids is 1. The molecule has 5 rings (SSSR count). The van der Waals surface area contributed by atoms with E-state index < -0.39 is 0 Å². The number of hydrogen-bond donors (Lipinski definition) is 1. The molecule has 33 heavy (non-hydrogen) atoms. The molecule has 0 radical (unpaired) electrons. The summed E-state index contributed by atoms with van der Waals surface area (Å²) in [6, 6.07) is 32.6. The van der Waals surface area contributed by atoms with Gasteiger partial charge in [-0.25, -0.2) is 0 Å². The van der Waals surface area contributed by atoms with Crippen molar-refractivity contribution in [1.29, 1.82) is 0 Å². The monoisotopic (exact) mass is 438 g/mol. The number of benzene rings is 3. The lowest BCUT2D eigenvalue weighted by atomic mass is 9.67. The van der Waals surface area contributed by atoms with E-state index in [0.29, 0.717) is 30.1 Å². The average molecular weight is 439 g/mol. The van der Waals surface area contributed by atoms with E-state index in [4.69, 9.17) is 0 Å². The minimum atomic E-state index is -0.257. The van der Waals surface area contributed by atoms with Crippen LogP contribution in [0.25, 0.3) is 0 Å². The number of carbonyl (C=O) groups is 1. The molecule has 3 nitrogen and oxygen atoms in total. The highest BCUT2D eigenvalue weighted by Crippen LogP contribution is 2.45. The van der Waals surface area contributed by atoms with Crippen LogP contribution in [0.5, 0.6) is 0 Å². The summed E-state index contributed by atoms with van der Waals surface area (Å²) in [6.07, 6.45) is 6.21. The summed E-state index contributed by atoms with van der Waals surface area (Å²) in [5, 5.41) is 3.32. The molecule has 2 aliphatic rings. The van der Waals surface area contributed by atoms with Crippen molar-refractivity contribution >= 4 is 5.91 Å². The third-order valence-electron chi connectivity index (χ3n) is 8.07. The van der Waals surface area contributed by atoms with Crippen LogP contribution in [-0.4, -0.2) is 36.5 Å². The Morgan fingerprint density at radius 3 is 1.82 bits per heavy atom. The number of piperidine rings is 1. The second-order valence-electron chi connectivity index (χ2n) is 9.95. The summed E-state index contributed by atoms with van der Waals surface area (Å²) in [4.78, 5) is 15.7. The van der Waals surface area contributed by atoms with Gasteiger partial charge in [-0.1, -0.05) is 78.9 Å². The Hall–Kier alpha value is -2.91. The minimum absolute atomic E-state index is 0.00437. The molecule has 2 heterocycles. The van der Waals surface area contributed by atoms with Gasteiger partial charge >= 0.3 is 0 Å². The Balaban J connectivity index is 1.50. The maximum atomic E-state index is 13.1. The lowest BCUT2D eigenvalue weighted by molar-refractivity contribution is 0.0931. The molecular formula is C30H34N2O. The van der Waals surface area contributed by atoms with Crippen LogP contribution in [-0.2, 0) is 5.41 Å². The summed E-state index contributed by atoms with van der Waals surface area (Å²) in [7, 11) is 2.31. The molecule has 170 valence electrons. The fraction of sp³-hybridized carbons (Fsp3) is 0.367. The first-order valence-electron chi connectivity index (χ1n) is 12.3. The lowest BCUT2D eigenvalue weighted by Gasteiger charge is -2.43. The number of hydrogen-bond acceptors (Lipinski definition) is 2. The fourth-order valence-electron chi connectivity index (χ4n) is 6.30. The van der Waals surface area contributed by atoms with Crippen LogP contribution in [0.15, 0.2) is 91.0 Å². The molecule has 3 aromatic carbocycles. The summed E-state index contributed by atoms with van der Waals surface area (Å²) in [6.45, 7) is 0.594. The summed E-state index contributed by atoms with van der Waals surface area (Å²) < 4.78 is 0. The molecule has 2 fully saturated rings. The minimum Gasteiger partial charge on any atom is -0.351 e. The molecule has 3 aromatic rings. The first-order valence-corrected chi connectivity index (χ1v) is 12.3. The van der Waals surface area contributed by atoms with Crippen molar-refractivity contribution in [2.45, 2.75) is 49.6 Å². The fourth-order valence-corrected chi connectivity index (χ4v) is 6.30. The van der Waals surface area contributed by atoms with Crippen LogP contribution in [0, 0.1) is 5.92 Å². The topological polar surface area (TPSA) is 32.3 Å². The van der Waals surface area contributed by atoms with E-state index in [1.807, 2.05) is 30.3 Å². The summed E-state index contributed by atoms with van der Waals surface area (Å²) >= 11 is 0. The van der Waals surface area contributed by atoms with Crippen LogP contribution in [0.3, 0.4) is 0 Å². The van der Waals surface area contributed by atoms with Gasteiger partial charge in [0.25, 0.3) is 5.91 Å².